The average Bonchev–Trinajstić information content (AvgIpc) is 3.15. The Labute approximate surface area is 190 Å². The van der Waals surface area contributed by atoms with Gasteiger partial charge in [0.05, 0.1) is 10.0 Å². The van der Waals surface area contributed by atoms with Gasteiger partial charge >= 0.3 is 0 Å². The highest BCUT2D eigenvalue weighted by molar-refractivity contribution is 6.42. The first kappa shape index (κ1) is 20.4. The normalized spacial score (nSPS) is 15.3. The van der Waals surface area contributed by atoms with E-state index < -0.39 is 0 Å². The molecule has 2 aromatic carbocycles. The number of rotatable bonds is 4. The third-order valence-electron chi connectivity index (χ3n) is 6.08. The van der Waals surface area contributed by atoms with Crippen LogP contribution in [0.25, 0.3) is 21.9 Å². The van der Waals surface area contributed by atoms with Crippen LogP contribution in [-0.2, 0) is 6.54 Å². The van der Waals surface area contributed by atoms with Crippen LogP contribution < -0.4 is 10.5 Å². The van der Waals surface area contributed by atoms with Crippen molar-refractivity contribution >= 4 is 50.8 Å². The summed E-state index contributed by atoms with van der Waals surface area (Å²) in [5.41, 5.74) is 3.36. The molecule has 1 N–H and O–H groups in total. The molecule has 0 radical (unpaired) electrons. The van der Waals surface area contributed by atoms with Crippen LogP contribution in [0.15, 0.2) is 47.3 Å². The van der Waals surface area contributed by atoms with Crippen LogP contribution in [0, 0.1) is 6.92 Å². The first-order valence-electron chi connectivity index (χ1n) is 10.4. The van der Waals surface area contributed by atoms with E-state index in [9.17, 15) is 4.79 Å². The highest BCUT2D eigenvalue weighted by Gasteiger charge is 2.19. The maximum Gasteiger partial charge on any atom is 0.277 e. The number of H-pyrrole nitrogens is 1. The molecule has 1 saturated heterocycles. The fourth-order valence-electron chi connectivity index (χ4n) is 4.32. The maximum atomic E-state index is 13.1. The lowest BCUT2D eigenvalue weighted by Crippen LogP contribution is -2.47. The highest BCUT2D eigenvalue weighted by Crippen LogP contribution is 2.28. The number of nitrogens with one attached hydrogen (secondary N) is 1. The largest absolute Gasteiger partial charge is 0.369 e. The van der Waals surface area contributed by atoms with E-state index in [2.05, 4.69) is 14.8 Å². The molecule has 0 unspecified atom stereocenters. The van der Waals surface area contributed by atoms with Gasteiger partial charge in [-0.2, -0.15) is 0 Å². The van der Waals surface area contributed by atoms with Crippen molar-refractivity contribution in [2.75, 3.05) is 37.6 Å². The summed E-state index contributed by atoms with van der Waals surface area (Å²) in [6.07, 6.45) is 0. The van der Waals surface area contributed by atoms with E-state index in [1.54, 1.807) is 4.57 Å². The number of aromatic nitrogens is 3. The summed E-state index contributed by atoms with van der Waals surface area (Å²) in [5.74, 6) is 0.747. The van der Waals surface area contributed by atoms with Crippen molar-refractivity contribution in [2.24, 2.45) is 0 Å². The zero-order chi connectivity index (χ0) is 21.5. The molecule has 2 aromatic heterocycles. The predicted octanol–water partition coefficient (Wildman–Crippen LogP) is 4.32. The Kier molecular flexibility index (Phi) is 5.38. The summed E-state index contributed by atoms with van der Waals surface area (Å²) < 4.78 is 1.78. The molecule has 0 aliphatic carbocycles. The van der Waals surface area contributed by atoms with E-state index in [1.807, 2.05) is 49.4 Å². The van der Waals surface area contributed by atoms with Gasteiger partial charge < -0.3 is 9.88 Å². The molecule has 3 heterocycles. The lowest BCUT2D eigenvalue weighted by molar-refractivity contribution is 0.246. The maximum absolute atomic E-state index is 13.1. The molecule has 1 aliphatic rings. The minimum atomic E-state index is -0.00635. The van der Waals surface area contributed by atoms with Crippen LogP contribution in [-0.4, -0.2) is 52.2 Å². The molecular formula is C23H23Cl2N5O. The summed E-state index contributed by atoms with van der Waals surface area (Å²) in [6, 6.07) is 13.7. The summed E-state index contributed by atoms with van der Waals surface area (Å²) in [6.45, 7) is 7.01. The molecule has 160 valence electrons. The number of nitrogens with zero attached hydrogens (tertiary/aromatic N) is 4. The van der Waals surface area contributed by atoms with Crippen molar-refractivity contribution in [3.63, 3.8) is 0 Å². The van der Waals surface area contributed by atoms with Crippen molar-refractivity contribution in [3.8, 4) is 0 Å². The smallest absolute Gasteiger partial charge is 0.277 e. The molecule has 4 aromatic rings. The van der Waals surface area contributed by atoms with Crippen LogP contribution in [0.1, 0.15) is 5.82 Å². The van der Waals surface area contributed by atoms with Gasteiger partial charge in [-0.1, -0.05) is 41.4 Å². The van der Waals surface area contributed by atoms with Gasteiger partial charge in [-0.05, 0) is 31.2 Å². The Bertz CT molecular complexity index is 1320. The quantitative estimate of drug-likeness (QED) is 0.497. The number of piperazine rings is 1. The van der Waals surface area contributed by atoms with E-state index in [-0.39, 0.29) is 5.56 Å². The molecule has 8 heteroatoms. The second-order valence-corrected chi connectivity index (χ2v) is 8.75. The van der Waals surface area contributed by atoms with Gasteiger partial charge in [-0.15, -0.1) is 0 Å². The molecule has 1 fully saturated rings. The average molecular weight is 456 g/mol. The van der Waals surface area contributed by atoms with E-state index in [0.717, 1.165) is 60.7 Å². The summed E-state index contributed by atoms with van der Waals surface area (Å²) in [5, 5.41) is 2.14. The van der Waals surface area contributed by atoms with Crippen molar-refractivity contribution in [1.29, 1.82) is 0 Å². The predicted molar refractivity (Wildman–Crippen MR) is 128 cm³/mol. The van der Waals surface area contributed by atoms with E-state index in [0.29, 0.717) is 22.1 Å². The molecular weight excluding hydrogens is 433 g/mol. The molecule has 0 atom stereocenters. The molecule has 0 amide bonds. The molecule has 5 rings (SSSR count). The molecule has 0 saturated carbocycles. The zero-order valence-corrected chi connectivity index (χ0v) is 18.7. The zero-order valence-electron chi connectivity index (χ0n) is 17.2. The standard InChI is InChI=1S/C23H23Cl2N5O/c1-15-26-21-17-4-2-3-5-20(17)27-22(21)23(31)30(15)13-10-28-8-11-29(12-9-28)16-6-7-18(24)19(25)14-16/h2-7,14,27H,8-13H2,1H3. The van der Waals surface area contributed by atoms with E-state index in [1.165, 1.54) is 0 Å². The van der Waals surface area contributed by atoms with Gasteiger partial charge in [0, 0.05) is 55.9 Å². The van der Waals surface area contributed by atoms with Crippen LogP contribution in [0.4, 0.5) is 5.69 Å². The number of hydrogen-bond acceptors (Lipinski definition) is 4. The Hall–Kier alpha value is -2.54. The van der Waals surface area contributed by atoms with Crippen molar-refractivity contribution < 1.29 is 0 Å². The fraction of sp³-hybridized carbons (Fsp3) is 0.304. The van der Waals surface area contributed by atoms with Gasteiger partial charge in [-0.3, -0.25) is 14.3 Å². The number of hydrogen-bond donors (Lipinski definition) is 1. The number of halogens is 2. The lowest BCUT2D eigenvalue weighted by Gasteiger charge is -2.36. The summed E-state index contributed by atoms with van der Waals surface area (Å²) in [7, 11) is 0. The topological polar surface area (TPSA) is 57.2 Å². The first-order valence-corrected chi connectivity index (χ1v) is 11.2. The van der Waals surface area contributed by atoms with Crippen LogP contribution in [0.3, 0.4) is 0 Å². The monoisotopic (exact) mass is 455 g/mol. The van der Waals surface area contributed by atoms with E-state index >= 15 is 0 Å². The molecule has 31 heavy (non-hydrogen) atoms. The SMILES string of the molecule is Cc1nc2c([nH]c3ccccc32)c(=O)n1CCN1CCN(c2ccc(Cl)c(Cl)c2)CC1. The molecule has 6 nitrogen and oxygen atoms in total. The van der Waals surface area contributed by atoms with Gasteiger partial charge in [0.25, 0.3) is 5.56 Å². The van der Waals surface area contributed by atoms with Gasteiger partial charge in [0.1, 0.15) is 16.9 Å². The lowest BCUT2D eigenvalue weighted by atomic mass is 10.2. The Balaban J connectivity index is 1.29. The van der Waals surface area contributed by atoms with Gasteiger partial charge in [0.15, 0.2) is 0 Å². The third kappa shape index (κ3) is 3.80. The molecule has 0 spiro atoms. The number of aromatic amines is 1. The number of para-hydroxylation sites is 1. The van der Waals surface area contributed by atoms with Crippen molar-refractivity contribution in [3.05, 3.63) is 68.7 Å². The first-order chi connectivity index (χ1) is 15.0. The fourth-order valence-corrected chi connectivity index (χ4v) is 4.61. The van der Waals surface area contributed by atoms with E-state index in [4.69, 9.17) is 28.2 Å². The number of fused-ring (bicyclic) bond motifs is 3. The van der Waals surface area contributed by atoms with Crippen molar-refractivity contribution in [2.45, 2.75) is 13.5 Å². The third-order valence-corrected chi connectivity index (χ3v) is 6.82. The Morgan fingerprint density at radius 3 is 2.55 bits per heavy atom. The Morgan fingerprint density at radius 2 is 1.77 bits per heavy atom. The second-order valence-electron chi connectivity index (χ2n) is 7.94. The molecule has 0 bridgehead atoms. The molecule has 1 aliphatic heterocycles. The number of anilines is 1. The summed E-state index contributed by atoms with van der Waals surface area (Å²) >= 11 is 12.2. The second kappa shape index (κ2) is 8.19. The van der Waals surface area contributed by atoms with Gasteiger partial charge in [-0.25, -0.2) is 4.98 Å². The van der Waals surface area contributed by atoms with Crippen LogP contribution in [0.2, 0.25) is 10.0 Å². The minimum absolute atomic E-state index is 0.00635. The van der Waals surface area contributed by atoms with Crippen molar-refractivity contribution in [1.82, 2.24) is 19.4 Å². The number of aryl methyl sites for hydroxylation is 1. The highest BCUT2D eigenvalue weighted by atomic mass is 35.5. The van der Waals surface area contributed by atoms with Gasteiger partial charge in [0.2, 0.25) is 0 Å². The van der Waals surface area contributed by atoms with Crippen LogP contribution >= 0.6 is 23.2 Å². The number of benzene rings is 2. The summed E-state index contributed by atoms with van der Waals surface area (Å²) in [4.78, 5) is 25.8. The minimum Gasteiger partial charge on any atom is -0.369 e. The van der Waals surface area contributed by atoms with Crippen LogP contribution in [0.5, 0.6) is 0 Å². The Morgan fingerprint density at radius 1 is 1.00 bits per heavy atom.